The van der Waals surface area contributed by atoms with E-state index in [4.69, 9.17) is 51.1 Å². The van der Waals surface area contributed by atoms with Gasteiger partial charge in [-0.05, 0) is 12.1 Å². The van der Waals surface area contributed by atoms with Crippen LogP contribution in [0.15, 0.2) is 30.5 Å². The second kappa shape index (κ2) is 9.93. The van der Waals surface area contributed by atoms with Gasteiger partial charge < -0.3 is 15.0 Å². The van der Waals surface area contributed by atoms with Crippen LogP contribution in [0.3, 0.4) is 0 Å². The van der Waals surface area contributed by atoms with Gasteiger partial charge in [-0.2, -0.15) is 0 Å². The molecule has 0 atom stereocenters. The molecule has 0 saturated carbocycles. The standard InChI is InChI=1S/C17H13Cl4N3O4/c1-24(7-12(25)23-11-5-3-2-4-9(11)18)13(26)8-28-17(27)16-15(21)14(20)10(19)6-22-16/h2-6H,7-8H2,1H3,(H,23,25). The van der Waals surface area contributed by atoms with Crippen LogP contribution in [0, 0.1) is 0 Å². The summed E-state index contributed by atoms with van der Waals surface area (Å²) in [5.74, 6) is -2.03. The maximum atomic E-state index is 12.1. The van der Waals surface area contributed by atoms with Crippen molar-refractivity contribution in [2.45, 2.75) is 0 Å². The number of halogens is 4. The first kappa shape index (κ1) is 22.2. The van der Waals surface area contributed by atoms with Gasteiger partial charge in [0.15, 0.2) is 12.3 Å². The Bertz CT molecular complexity index is 923. The molecule has 1 aromatic heterocycles. The normalized spacial score (nSPS) is 10.3. The topological polar surface area (TPSA) is 88.6 Å². The fraction of sp³-hybridized carbons (Fsp3) is 0.176. The van der Waals surface area contributed by atoms with E-state index in [2.05, 4.69) is 10.3 Å². The maximum absolute atomic E-state index is 12.1. The molecule has 0 unspecified atom stereocenters. The van der Waals surface area contributed by atoms with Gasteiger partial charge in [0.25, 0.3) is 5.91 Å². The van der Waals surface area contributed by atoms with Gasteiger partial charge in [0.1, 0.15) is 0 Å². The number of hydrogen-bond donors (Lipinski definition) is 1. The van der Waals surface area contributed by atoms with Crippen molar-refractivity contribution in [1.82, 2.24) is 9.88 Å². The third-order valence-corrected chi connectivity index (χ3v) is 4.96. The average molecular weight is 465 g/mol. The maximum Gasteiger partial charge on any atom is 0.359 e. The summed E-state index contributed by atoms with van der Waals surface area (Å²) in [5, 5.41) is 2.78. The fourth-order valence-electron chi connectivity index (χ4n) is 1.95. The number of para-hydroxylation sites is 1. The number of benzene rings is 1. The van der Waals surface area contributed by atoms with Gasteiger partial charge >= 0.3 is 5.97 Å². The summed E-state index contributed by atoms with van der Waals surface area (Å²) in [7, 11) is 1.38. The Morgan fingerprint density at radius 3 is 2.43 bits per heavy atom. The summed E-state index contributed by atoms with van der Waals surface area (Å²) < 4.78 is 4.87. The number of ether oxygens (including phenoxy) is 1. The van der Waals surface area contributed by atoms with E-state index in [-0.39, 0.29) is 27.3 Å². The van der Waals surface area contributed by atoms with Gasteiger partial charge in [0.2, 0.25) is 5.91 Å². The molecule has 1 aromatic carbocycles. The molecule has 2 aromatic rings. The number of likely N-dealkylation sites (N-methyl/N-ethyl adjacent to an activating group) is 1. The van der Waals surface area contributed by atoms with Crippen LogP contribution in [0.4, 0.5) is 5.69 Å². The molecule has 2 amide bonds. The average Bonchev–Trinajstić information content (AvgIpc) is 2.65. The lowest BCUT2D eigenvalue weighted by Gasteiger charge is -2.17. The van der Waals surface area contributed by atoms with Crippen LogP contribution in [0.25, 0.3) is 0 Å². The van der Waals surface area contributed by atoms with Crippen molar-refractivity contribution in [2.75, 3.05) is 25.5 Å². The summed E-state index contributed by atoms with van der Waals surface area (Å²) >= 11 is 23.4. The third kappa shape index (κ3) is 5.72. The quantitative estimate of drug-likeness (QED) is 0.654. The molecule has 0 aliphatic rings. The van der Waals surface area contributed by atoms with Gasteiger partial charge in [-0.25, -0.2) is 9.78 Å². The van der Waals surface area contributed by atoms with Crippen molar-refractivity contribution >= 4 is 69.9 Å². The molecule has 7 nitrogen and oxygen atoms in total. The number of rotatable bonds is 6. The Hall–Kier alpha value is -2.06. The molecule has 0 fully saturated rings. The van der Waals surface area contributed by atoms with Crippen molar-refractivity contribution in [3.8, 4) is 0 Å². The summed E-state index contributed by atoms with van der Waals surface area (Å²) in [5.41, 5.74) is 0.143. The van der Waals surface area contributed by atoms with Crippen LogP contribution in [-0.2, 0) is 14.3 Å². The van der Waals surface area contributed by atoms with Crippen LogP contribution in [-0.4, -0.2) is 47.9 Å². The number of anilines is 1. The number of esters is 1. The highest BCUT2D eigenvalue weighted by Crippen LogP contribution is 2.31. The van der Waals surface area contributed by atoms with Gasteiger partial charge in [-0.15, -0.1) is 0 Å². The number of carbonyl (C=O) groups excluding carboxylic acids is 3. The number of hydrogen-bond acceptors (Lipinski definition) is 5. The molecule has 0 saturated heterocycles. The lowest BCUT2D eigenvalue weighted by Crippen LogP contribution is -2.37. The predicted octanol–water partition coefficient (Wildman–Crippen LogP) is 3.95. The first-order valence-corrected chi connectivity index (χ1v) is 9.16. The Kier molecular flexibility index (Phi) is 7.88. The molecular weight excluding hydrogens is 452 g/mol. The Morgan fingerprint density at radius 1 is 1.07 bits per heavy atom. The van der Waals surface area contributed by atoms with E-state index in [1.807, 2.05) is 0 Å². The van der Waals surface area contributed by atoms with E-state index < -0.39 is 24.4 Å². The molecular formula is C17H13Cl4N3O4. The highest BCUT2D eigenvalue weighted by Gasteiger charge is 2.21. The number of carbonyl (C=O) groups is 3. The molecule has 0 aliphatic heterocycles. The smallest absolute Gasteiger partial charge is 0.359 e. The van der Waals surface area contributed by atoms with Gasteiger partial charge in [0, 0.05) is 13.2 Å². The van der Waals surface area contributed by atoms with E-state index in [1.54, 1.807) is 24.3 Å². The molecule has 0 radical (unpaired) electrons. The second-order valence-corrected chi connectivity index (χ2v) is 7.01. The highest BCUT2D eigenvalue weighted by molar-refractivity contribution is 6.48. The monoisotopic (exact) mass is 463 g/mol. The van der Waals surface area contributed by atoms with E-state index in [0.717, 1.165) is 11.1 Å². The van der Waals surface area contributed by atoms with Crippen molar-refractivity contribution in [3.63, 3.8) is 0 Å². The molecule has 148 valence electrons. The molecule has 2 rings (SSSR count). The fourth-order valence-corrected chi connectivity index (χ4v) is 2.69. The van der Waals surface area contributed by atoms with Crippen LogP contribution >= 0.6 is 46.4 Å². The van der Waals surface area contributed by atoms with Gasteiger partial charge in [-0.3, -0.25) is 9.59 Å². The largest absolute Gasteiger partial charge is 0.451 e. The number of nitrogens with zero attached hydrogens (tertiary/aromatic N) is 2. The minimum absolute atomic E-state index is 0.0510. The molecule has 0 aliphatic carbocycles. The van der Waals surface area contributed by atoms with Crippen LogP contribution in [0.2, 0.25) is 20.1 Å². The van der Waals surface area contributed by atoms with Crippen molar-refractivity contribution in [2.24, 2.45) is 0 Å². The zero-order chi connectivity index (χ0) is 20.8. The minimum atomic E-state index is -0.953. The summed E-state index contributed by atoms with van der Waals surface area (Å²) in [6, 6.07) is 6.67. The van der Waals surface area contributed by atoms with Gasteiger partial charge in [-0.1, -0.05) is 58.5 Å². The van der Waals surface area contributed by atoms with Crippen molar-refractivity contribution in [1.29, 1.82) is 0 Å². The summed E-state index contributed by atoms with van der Waals surface area (Å²) in [6.07, 6.45) is 1.14. The number of nitrogens with one attached hydrogen (secondary N) is 1. The highest BCUT2D eigenvalue weighted by atomic mass is 35.5. The molecule has 0 bridgehead atoms. The van der Waals surface area contributed by atoms with Crippen molar-refractivity contribution < 1.29 is 19.1 Å². The molecule has 11 heteroatoms. The van der Waals surface area contributed by atoms with Crippen LogP contribution in [0.1, 0.15) is 10.5 Å². The predicted molar refractivity (Wildman–Crippen MR) is 107 cm³/mol. The third-order valence-electron chi connectivity index (χ3n) is 3.39. The summed E-state index contributed by atoms with van der Waals surface area (Å²) in [4.78, 5) is 41.0. The summed E-state index contributed by atoms with van der Waals surface area (Å²) in [6.45, 7) is -0.889. The Balaban J connectivity index is 1.88. The zero-order valence-electron chi connectivity index (χ0n) is 14.3. The van der Waals surface area contributed by atoms with E-state index in [1.165, 1.54) is 7.05 Å². The van der Waals surface area contributed by atoms with E-state index in [0.29, 0.717) is 10.7 Å². The number of aromatic nitrogens is 1. The van der Waals surface area contributed by atoms with Gasteiger partial charge in [0.05, 0.1) is 32.3 Å². The van der Waals surface area contributed by atoms with E-state index in [9.17, 15) is 14.4 Å². The lowest BCUT2D eigenvalue weighted by atomic mass is 10.3. The molecule has 0 spiro atoms. The molecule has 1 N–H and O–H groups in total. The van der Waals surface area contributed by atoms with Crippen LogP contribution in [0.5, 0.6) is 0 Å². The Morgan fingerprint density at radius 2 is 1.75 bits per heavy atom. The minimum Gasteiger partial charge on any atom is -0.451 e. The molecule has 1 heterocycles. The number of pyridine rings is 1. The van der Waals surface area contributed by atoms with E-state index >= 15 is 0 Å². The number of amides is 2. The second-order valence-electron chi connectivity index (χ2n) is 5.44. The van der Waals surface area contributed by atoms with Crippen LogP contribution < -0.4 is 5.32 Å². The SMILES string of the molecule is CN(CC(=O)Nc1ccccc1Cl)C(=O)COC(=O)c1ncc(Cl)c(Cl)c1Cl. The van der Waals surface area contributed by atoms with Crippen molar-refractivity contribution in [3.05, 3.63) is 56.2 Å². The first-order valence-electron chi connectivity index (χ1n) is 7.65. The molecule has 28 heavy (non-hydrogen) atoms. The first-order chi connectivity index (χ1) is 13.2. The lowest BCUT2D eigenvalue weighted by molar-refractivity contribution is -0.136. The zero-order valence-corrected chi connectivity index (χ0v) is 17.4. The Labute approximate surface area is 180 Å².